The van der Waals surface area contributed by atoms with Crippen LogP contribution in [0.25, 0.3) is 11.0 Å². The van der Waals surface area contributed by atoms with Gasteiger partial charge in [-0.1, -0.05) is 6.92 Å². The molecule has 4 rings (SSSR count). The smallest absolute Gasteiger partial charge is 0.245 e. The summed E-state index contributed by atoms with van der Waals surface area (Å²) in [6.07, 6.45) is 9.15. The summed E-state index contributed by atoms with van der Waals surface area (Å²) in [6, 6.07) is 3.60. The number of sulfonamides is 1. The van der Waals surface area contributed by atoms with Crippen molar-refractivity contribution >= 4 is 21.1 Å². The van der Waals surface area contributed by atoms with Gasteiger partial charge in [0.05, 0.1) is 0 Å². The topological polar surface area (TPSA) is 69.3 Å². The van der Waals surface area contributed by atoms with Crippen LogP contribution in [0.15, 0.2) is 29.4 Å². The van der Waals surface area contributed by atoms with Gasteiger partial charge >= 0.3 is 0 Å². The number of pyridine rings is 1. The lowest BCUT2D eigenvalue weighted by atomic mass is 9.94. The predicted molar refractivity (Wildman–Crippen MR) is 107 cm³/mol. The Hall–Kier alpha value is -1.44. The third-order valence-electron chi connectivity index (χ3n) is 6.12. The van der Waals surface area contributed by atoms with Crippen LogP contribution in [-0.4, -0.2) is 60.3 Å². The molecule has 2 aromatic heterocycles. The molecular weight excluding hydrogens is 360 g/mol. The lowest BCUT2D eigenvalue weighted by Gasteiger charge is -2.32. The zero-order valence-corrected chi connectivity index (χ0v) is 16.9. The monoisotopic (exact) mass is 390 g/mol. The summed E-state index contributed by atoms with van der Waals surface area (Å²) >= 11 is 0. The third kappa shape index (κ3) is 4.20. The summed E-state index contributed by atoms with van der Waals surface area (Å²) in [7, 11) is -3.46. The van der Waals surface area contributed by atoms with E-state index in [0.29, 0.717) is 34.9 Å². The molecule has 1 N–H and O–H groups in total. The number of aromatic amines is 1. The highest BCUT2D eigenvalue weighted by Crippen LogP contribution is 2.31. The molecule has 2 aliphatic rings. The van der Waals surface area contributed by atoms with Crippen molar-refractivity contribution in [3.8, 4) is 0 Å². The molecule has 0 radical (unpaired) electrons. The van der Waals surface area contributed by atoms with Gasteiger partial charge in [0.15, 0.2) is 0 Å². The summed E-state index contributed by atoms with van der Waals surface area (Å²) in [4.78, 5) is 10.1. The SMILES string of the molecule is CCN(CCC1CCN(S(=O)(=O)c2c[nH]c3ncccc23)CC1)CC1CC1. The Kier molecular flexibility index (Phi) is 5.53. The molecule has 1 saturated carbocycles. The van der Waals surface area contributed by atoms with E-state index in [4.69, 9.17) is 0 Å². The summed E-state index contributed by atoms with van der Waals surface area (Å²) in [5, 5.41) is 0.679. The first kappa shape index (κ1) is 18.9. The van der Waals surface area contributed by atoms with E-state index in [-0.39, 0.29) is 0 Å². The fourth-order valence-electron chi connectivity index (χ4n) is 4.13. The van der Waals surface area contributed by atoms with Crippen molar-refractivity contribution in [3.05, 3.63) is 24.5 Å². The second-order valence-corrected chi connectivity index (χ2v) is 9.93. The van der Waals surface area contributed by atoms with E-state index in [9.17, 15) is 8.42 Å². The molecule has 7 heteroatoms. The normalized spacial score (nSPS) is 19.9. The Labute approximate surface area is 162 Å². The highest BCUT2D eigenvalue weighted by atomic mass is 32.2. The molecule has 2 aromatic rings. The highest BCUT2D eigenvalue weighted by Gasteiger charge is 2.31. The zero-order chi connectivity index (χ0) is 18.9. The Morgan fingerprint density at radius 2 is 2.00 bits per heavy atom. The quantitative estimate of drug-likeness (QED) is 0.752. The fraction of sp³-hybridized carbons (Fsp3) is 0.650. The van der Waals surface area contributed by atoms with Gasteiger partial charge in [-0.3, -0.25) is 0 Å². The van der Waals surface area contributed by atoms with Gasteiger partial charge in [0.25, 0.3) is 0 Å². The molecule has 6 nitrogen and oxygen atoms in total. The largest absolute Gasteiger partial charge is 0.345 e. The molecule has 0 amide bonds. The van der Waals surface area contributed by atoms with Crippen LogP contribution in [0.5, 0.6) is 0 Å². The molecule has 2 fully saturated rings. The number of nitrogens with one attached hydrogen (secondary N) is 1. The van der Waals surface area contributed by atoms with Crippen LogP contribution < -0.4 is 0 Å². The van der Waals surface area contributed by atoms with E-state index in [1.807, 2.05) is 6.07 Å². The van der Waals surface area contributed by atoms with Gasteiger partial charge in [-0.2, -0.15) is 4.31 Å². The number of hydrogen-bond acceptors (Lipinski definition) is 4. The number of nitrogens with zero attached hydrogens (tertiary/aromatic N) is 3. The Morgan fingerprint density at radius 3 is 2.70 bits per heavy atom. The molecule has 0 aromatic carbocycles. The summed E-state index contributed by atoms with van der Waals surface area (Å²) < 4.78 is 27.8. The maximum Gasteiger partial charge on any atom is 0.245 e. The molecule has 27 heavy (non-hydrogen) atoms. The zero-order valence-electron chi connectivity index (χ0n) is 16.1. The van der Waals surface area contributed by atoms with E-state index >= 15 is 0 Å². The first-order valence-corrected chi connectivity index (χ1v) is 11.7. The molecule has 1 aliphatic carbocycles. The maximum atomic E-state index is 13.1. The Bertz CT molecular complexity index is 867. The van der Waals surface area contributed by atoms with Gasteiger partial charge in [0.1, 0.15) is 10.5 Å². The van der Waals surface area contributed by atoms with Crippen molar-refractivity contribution in [3.63, 3.8) is 0 Å². The van der Waals surface area contributed by atoms with Crippen molar-refractivity contribution in [1.82, 2.24) is 19.2 Å². The van der Waals surface area contributed by atoms with Crippen LogP contribution in [0.1, 0.15) is 39.0 Å². The van der Waals surface area contributed by atoms with E-state index in [2.05, 4.69) is 21.8 Å². The van der Waals surface area contributed by atoms with Crippen LogP contribution in [0.4, 0.5) is 0 Å². The Morgan fingerprint density at radius 1 is 1.22 bits per heavy atom. The van der Waals surface area contributed by atoms with Crippen LogP contribution in [0, 0.1) is 11.8 Å². The number of rotatable bonds is 8. The first-order valence-electron chi connectivity index (χ1n) is 10.2. The highest BCUT2D eigenvalue weighted by molar-refractivity contribution is 7.89. The molecule has 148 valence electrons. The lowest BCUT2D eigenvalue weighted by molar-refractivity contribution is 0.213. The predicted octanol–water partition coefficient (Wildman–Crippen LogP) is 3.09. The van der Waals surface area contributed by atoms with E-state index < -0.39 is 10.0 Å². The van der Waals surface area contributed by atoms with Gasteiger partial charge in [-0.05, 0) is 69.2 Å². The second kappa shape index (κ2) is 7.89. The molecule has 0 atom stereocenters. The van der Waals surface area contributed by atoms with Crippen LogP contribution >= 0.6 is 0 Å². The minimum absolute atomic E-state index is 0.352. The van der Waals surface area contributed by atoms with Gasteiger partial charge in [0.2, 0.25) is 10.0 Å². The lowest BCUT2D eigenvalue weighted by Crippen LogP contribution is -2.39. The first-order chi connectivity index (χ1) is 13.1. The Balaban J connectivity index is 1.34. The van der Waals surface area contributed by atoms with Crippen molar-refractivity contribution in [2.45, 2.75) is 43.9 Å². The minimum atomic E-state index is -3.46. The van der Waals surface area contributed by atoms with Crippen molar-refractivity contribution in [1.29, 1.82) is 0 Å². The van der Waals surface area contributed by atoms with E-state index in [1.165, 1.54) is 25.8 Å². The fourth-order valence-corrected chi connectivity index (χ4v) is 5.75. The van der Waals surface area contributed by atoms with Crippen LogP contribution in [0.2, 0.25) is 0 Å². The molecular formula is C20H30N4O2S. The van der Waals surface area contributed by atoms with Gasteiger partial charge < -0.3 is 9.88 Å². The average Bonchev–Trinajstić information content (AvgIpc) is 3.40. The van der Waals surface area contributed by atoms with E-state index in [0.717, 1.165) is 31.8 Å². The number of aromatic nitrogens is 2. The molecule has 3 heterocycles. The van der Waals surface area contributed by atoms with E-state index in [1.54, 1.807) is 22.8 Å². The average molecular weight is 391 g/mol. The van der Waals surface area contributed by atoms with Crippen LogP contribution in [0.3, 0.4) is 0 Å². The standard InChI is InChI=1S/C20H30N4O2S/c1-2-23(15-17-5-6-17)11-7-16-8-12-24(13-9-16)27(25,26)19-14-22-20-18(19)4-3-10-21-20/h3-4,10,14,16-17H,2,5-9,11-13,15H2,1H3,(H,21,22). The summed E-state index contributed by atoms with van der Waals surface area (Å²) in [5.41, 5.74) is 0.626. The molecule has 0 unspecified atom stereocenters. The maximum absolute atomic E-state index is 13.1. The molecule has 1 aliphatic heterocycles. The van der Waals surface area contributed by atoms with Crippen molar-refractivity contribution < 1.29 is 8.42 Å². The van der Waals surface area contributed by atoms with Gasteiger partial charge in [-0.25, -0.2) is 13.4 Å². The van der Waals surface area contributed by atoms with Crippen molar-refractivity contribution in [2.24, 2.45) is 11.8 Å². The minimum Gasteiger partial charge on any atom is -0.345 e. The third-order valence-corrected chi connectivity index (χ3v) is 8.06. The van der Waals surface area contributed by atoms with Gasteiger partial charge in [-0.15, -0.1) is 0 Å². The number of fused-ring (bicyclic) bond motifs is 1. The van der Waals surface area contributed by atoms with Crippen LogP contribution in [-0.2, 0) is 10.0 Å². The number of hydrogen-bond donors (Lipinski definition) is 1. The number of H-pyrrole nitrogens is 1. The second-order valence-electron chi connectivity index (χ2n) is 8.03. The number of piperidine rings is 1. The molecule has 0 bridgehead atoms. The summed E-state index contributed by atoms with van der Waals surface area (Å²) in [6.45, 7) is 7.01. The van der Waals surface area contributed by atoms with Crippen molar-refractivity contribution in [2.75, 3.05) is 32.7 Å². The molecule has 0 spiro atoms. The molecule has 1 saturated heterocycles. The van der Waals surface area contributed by atoms with Gasteiger partial charge in [0, 0.05) is 37.4 Å². The summed E-state index contributed by atoms with van der Waals surface area (Å²) in [5.74, 6) is 1.57.